The van der Waals surface area contributed by atoms with Gasteiger partial charge in [-0.05, 0) is 42.5 Å². The van der Waals surface area contributed by atoms with Gasteiger partial charge in [0.1, 0.15) is 0 Å². The normalized spacial score (nSPS) is 12.4. The van der Waals surface area contributed by atoms with Crippen LogP contribution in [0.2, 0.25) is 0 Å². The first-order valence-corrected chi connectivity index (χ1v) is 6.93. The van der Waals surface area contributed by atoms with Gasteiger partial charge in [0.25, 0.3) is 0 Å². The summed E-state index contributed by atoms with van der Waals surface area (Å²) in [6.45, 7) is 6.33. The Hall–Kier alpha value is -1.60. The largest absolute Gasteiger partial charge is 0.388 e. The van der Waals surface area contributed by atoms with Crippen molar-refractivity contribution in [3.8, 4) is 0 Å². The maximum Gasteiger partial charge on any atom is 0.0830 e. The van der Waals surface area contributed by atoms with Gasteiger partial charge in [-0.1, -0.05) is 55.0 Å². The van der Waals surface area contributed by atoms with Gasteiger partial charge in [0.05, 0.1) is 6.10 Å². The van der Waals surface area contributed by atoms with E-state index < -0.39 is 6.10 Å². The van der Waals surface area contributed by atoms with E-state index >= 15 is 0 Å². The number of aryl methyl sites for hydroxylation is 3. The molecule has 1 unspecified atom stereocenters. The molecule has 19 heavy (non-hydrogen) atoms. The fourth-order valence-corrected chi connectivity index (χ4v) is 2.37. The number of hydrogen-bond donors (Lipinski definition) is 1. The average molecular weight is 254 g/mol. The molecule has 2 aromatic rings. The summed E-state index contributed by atoms with van der Waals surface area (Å²) in [5.41, 5.74) is 6.01. The molecule has 0 aromatic heterocycles. The third kappa shape index (κ3) is 3.45. The Morgan fingerprint density at radius 2 is 1.84 bits per heavy atom. The summed E-state index contributed by atoms with van der Waals surface area (Å²) in [5.74, 6) is 0. The van der Waals surface area contributed by atoms with Gasteiger partial charge < -0.3 is 5.11 Å². The molecule has 0 fully saturated rings. The van der Waals surface area contributed by atoms with Crippen LogP contribution in [0, 0.1) is 13.8 Å². The highest BCUT2D eigenvalue weighted by molar-refractivity contribution is 5.33. The fourth-order valence-electron chi connectivity index (χ4n) is 2.37. The van der Waals surface area contributed by atoms with E-state index in [-0.39, 0.29) is 0 Å². The SMILES string of the molecule is CCc1cccc(C(O)Cc2cc(C)ccc2C)c1. The van der Waals surface area contributed by atoms with Crippen LogP contribution in [-0.2, 0) is 12.8 Å². The lowest BCUT2D eigenvalue weighted by Gasteiger charge is -2.14. The molecule has 0 aliphatic rings. The zero-order chi connectivity index (χ0) is 13.8. The molecule has 1 atom stereocenters. The maximum absolute atomic E-state index is 10.4. The van der Waals surface area contributed by atoms with E-state index in [1.807, 2.05) is 12.1 Å². The number of benzene rings is 2. The summed E-state index contributed by atoms with van der Waals surface area (Å²) in [7, 11) is 0. The summed E-state index contributed by atoms with van der Waals surface area (Å²) < 4.78 is 0. The molecule has 0 bridgehead atoms. The maximum atomic E-state index is 10.4. The molecule has 0 amide bonds. The van der Waals surface area contributed by atoms with Crippen molar-refractivity contribution < 1.29 is 5.11 Å². The Morgan fingerprint density at radius 1 is 1.05 bits per heavy atom. The third-order valence-corrected chi connectivity index (χ3v) is 3.66. The molecule has 0 saturated heterocycles. The monoisotopic (exact) mass is 254 g/mol. The van der Waals surface area contributed by atoms with E-state index in [9.17, 15) is 5.11 Å². The number of aliphatic hydroxyl groups excluding tert-OH is 1. The van der Waals surface area contributed by atoms with Crippen LogP contribution in [0.25, 0.3) is 0 Å². The number of aliphatic hydroxyl groups is 1. The second-order valence-corrected chi connectivity index (χ2v) is 5.25. The first kappa shape index (κ1) is 13.8. The van der Waals surface area contributed by atoms with Crippen molar-refractivity contribution in [3.05, 3.63) is 70.3 Å². The molecule has 0 aliphatic heterocycles. The highest BCUT2D eigenvalue weighted by Crippen LogP contribution is 2.22. The lowest BCUT2D eigenvalue weighted by Crippen LogP contribution is -2.04. The standard InChI is InChI=1S/C18H22O/c1-4-15-6-5-7-16(11-15)18(19)12-17-10-13(2)8-9-14(17)3/h5-11,18-19H,4,12H2,1-3H3. The molecule has 0 saturated carbocycles. The molecule has 1 heteroatoms. The van der Waals surface area contributed by atoms with Crippen LogP contribution in [0.1, 0.15) is 40.8 Å². The Kier molecular flexibility index (Phi) is 4.39. The van der Waals surface area contributed by atoms with Crippen molar-refractivity contribution in [1.82, 2.24) is 0 Å². The van der Waals surface area contributed by atoms with Gasteiger partial charge in [-0.3, -0.25) is 0 Å². The van der Waals surface area contributed by atoms with E-state index in [1.165, 1.54) is 22.3 Å². The molecular weight excluding hydrogens is 232 g/mol. The van der Waals surface area contributed by atoms with Crippen LogP contribution in [0.4, 0.5) is 0 Å². The molecule has 2 aromatic carbocycles. The molecule has 0 radical (unpaired) electrons. The summed E-state index contributed by atoms with van der Waals surface area (Å²) in [4.78, 5) is 0. The van der Waals surface area contributed by atoms with E-state index in [0.29, 0.717) is 6.42 Å². The highest BCUT2D eigenvalue weighted by Gasteiger charge is 2.10. The van der Waals surface area contributed by atoms with Crippen LogP contribution in [0.5, 0.6) is 0 Å². The predicted molar refractivity (Wildman–Crippen MR) is 80.4 cm³/mol. The van der Waals surface area contributed by atoms with Crippen LogP contribution in [0.3, 0.4) is 0 Å². The van der Waals surface area contributed by atoms with Gasteiger partial charge in [-0.2, -0.15) is 0 Å². The molecule has 0 spiro atoms. The summed E-state index contributed by atoms with van der Waals surface area (Å²) in [5, 5.41) is 10.4. The van der Waals surface area contributed by atoms with Crippen LogP contribution >= 0.6 is 0 Å². The third-order valence-electron chi connectivity index (χ3n) is 3.66. The Balaban J connectivity index is 2.20. The van der Waals surface area contributed by atoms with Gasteiger partial charge in [0.15, 0.2) is 0 Å². The molecule has 1 nitrogen and oxygen atoms in total. The summed E-state index contributed by atoms with van der Waals surface area (Å²) in [6, 6.07) is 14.7. The van der Waals surface area contributed by atoms with Crippen molar-refractivity contribution in [1.29, 1.82) is 0 Å². The van der Waals surface area contributed by atoms with Crippen molar-refractivity contribution in [2.24, 2.45) is 0 Å². The van der Waals surface area contributed by atoms with Crippen molar-refractivity contribution in [2.75, 3.05) is 0 Å². The minimum Gasteiger partial charge on any atom is -0.388 e. The predicted octanol–water partition coefficient (Wildman–Crippen LogP) is 4.14. The Morgan fingerprint density at radius 3 is 2.58 bits per heavy atom. The van der Waals surface area contributed by atoms with Crippen molar-refractivity contribution >= 4 is 0 Å². The molecule has 0 heterocycles. The Labute approximate surface area is 115 Å². The number of rotatable bonds is 4. The van der Waals surface area contributed by atoms with Crippen molar-refractivity contribution in [2.45, 2.75) is 39.7 Å². The minimum absolute atomic E-state index is 0.424. The highest BCUT2D eigenvalue weighted by atomic mass is 16.3. The van der Waals surface area contributed by atoms with E-state index in [0.717, 1.165) is 12.0 Å². The number of hydrogen-bond acceptors (Lipinski definition) is 1. The van der Waals surface area contributed by atoms with E-state index in [4.69, 9.17) is 0 Å². The minimum atomic E-state index is -0.424. The quantitative estimate of drug-likeness (QED) is 0.869. The second kappa shape index (κ2) is 6.03. The van der Waals surface area contributed by atoms with Gasteiger partial charge >= 0.3 is 0 Å². The fraction of sp³-hybridized carbons (Fsp3) is 0.333. The van der Waals surface area contributed by atoms with Crippen LogP contribution in [0.15, 0.2) is 42.5 Å². The smallest absolute Gasteiger partial charge is 0.0830 e. The van der Waals surface area contributed by atoms with Crippen LogP contribution < -0.4 is 0 Å². The molecular formula is C18H22O. The van der Waals surface area contributed by atoms with Crippen molar-refractivity contribution in [3.63, 3.8) is 0 Å². The molecule has 1 N–H and O–H groups in total. The van der Waals surface area contributed by atoms with Gasteiger partial charge in [-0.25, -0.2) is 0 Å². The lowest BCUT2D eigenvalue weighted by molar-refractivity contribution is 0.178. The molecule has 2 rings (SSSR count). The summed E-state index contributed by atoms with van der Waals surface area (Å²) in [6.07, 6.45) is 1.26. The summed E-state index contributed by atoms with van der Waals surface area (Å²) >= 11 is 0. The Bertz CT molecular complexity index is 557. The first-order chi connectivity index (χ1) is 9.10. The van der Waals surface area contributed by atoms with Gasteiger partial charge in [0.2, 0.25) is 0 Å². The second-order valence-electron chi connectivity index (χ2n) is 5.25. The first-order valence-electron chi connectivity index (χ1n) is 6.93. The van der Waals surface area contributed by atoms with Crippen LogP contribution in [-0.4, -0.2) is 5.11 Å². The van der Waals surface area contributed by atoms with E-state index in [2.05, 4.69) is 51.1 Å². The van der Waals surface area contributed by atoms with Gasteiger partial charge in [0, 0.05) is 6.42 Å². The topological polar surface area (TPSA) is 20.2 Å². The molecule has 100 valence electrons. The average Bonchev–Trinajstić information content (AvgIpc) is 2.43. The lowest BCUT2D eigenvalue weighted by atomic mass is 9.95. The van der Waals surface area contributed by atoms with Gasteiger partial charge in [-0.15, -0.1) is 0 Å². The zero-order valence-electron chi connectivity index (χ0n) is 12.0. The molecule has 0 aliphatic carbocycles. The zero-order valence-corrected chi connectivity index (χ0v) is 12.0. The van der Waals surface area contributed by atoms with E-state index in [1.54, 1.807) is 0 Å².